The van der Waals surface area contributed by atoms with E-state index in [2.05, 4.69) is 4.74 Å². The highest BCUT2D eigenvalue weighted by molar-refractivity contribution is 5.84. The lowest BCUT2D eigenvalue weighted by Crippen LogP contribution is -2.39. The minimum absolute atomic E-state index is 0.655. The van der Waals surface area contributed by atoms with Crippen molar-refractivity contribution in [3.63, 3.8) is 0 Å². The van der Waals surface area contributed by atoms with Crippen molar-refractivity contribution >= 4 is 18.0 Å². The first-order valence-electron chi connectivity index (χ1n) is 4.16. The van der Waals surface area contributed by atoms with E-state index in [-0.39, 0.29) is 0 Å². The van der Waals surface area contributed by atoms with Crippen molar-refractivity contribution in [2.24, 2.45) is 0 Å². The highest BCUT2D eigenvalue weighted by atomic mass is 19.4. The van der Waals surface area contributed by atoms with E-state index in [4.69, 9.17) is 5.11 Å². The van der Waals surface area contributed by atoms with Gasteiger partial charge in [0.2, 0.25) is 5.91 Å². The van der Waals surface area contributed by atoms with E-state index < -0.39 is 43.8 Å². The third-order valence-corrected chi connectivity index (χ3v) is 1.20. The Balaban J connectivity index is 3.70. The molecule has 2 amide bonds. The zero-order valence-corrected chi connectivity index (χ0v) is 8.34. The average Bonchev–Trinajstić information content (AvgIpc) is 2.19. The van der Waals surface area contributed by atoms with Crippen LogP contribution in [0.25, 0.3) is 0 Å². The molecule has 0 bridgehead atoms. The molecular weight excluding hydrogens is 249 g/mol. The fraction of sp³-hybridized carbons (Fsp3) is 0.571. The molecule has 0 saturated carbocycles. The van der Waals surface area contributed by atoms with Crippen LogP contribution in [0.4, 0.5) is 18.0 Å². The number of aliphatic carboxylic acids is 1. The van der Waals surface area contributed by atoms with Gasteiger partial charge in [-0.05, 0) is 0 Å². The zero-order valence-electron chi connectivity index (χ0n) is 8.34. The summed E-state index contributed by atoms with van der Waals surface area (Å²) in [6, 6.07) is 0. The average molecular weight is 258 g/mol. The summed E-state index contributed by atoms with van der Waals surface area (Å²) in [5.74, 6) is -2.16. The molecule has 0 aromatic carbocycles. The lowest BCUT2D eigenvalue weighted by molar-refractivity contribution is -0.160. The molecule has 0 atom stereocenters. The van der Waals surface area contributed by atoms with Gasteiger partial charge in [0.25, 0.3) is 0 Å². The van der Waals surface area contributed by atoms with Crippen molar-refractivity contribution in [1.82, 2.24) is 10.6 Å². The van der Waals surface area contributed by atoms with Gasteiger partial charge < -0.3 is 20.5 Å². The third kappa shape index (κ3) is 10.3. The molecule has 98 valence electrons. The number of halogens is 3. The molecule has 0 aromatic heterocycles. The van der Waals surface area contributed by atoms with Crippen molar-refractivity contribution in [1.29, 1.82) is 0 Å². The van der Waals surface area contributed by atoms with E-state index >= 15 is 0 Å². The first kappa shape index (κ1) is 15.0. The smallest absolute Gasteiger partial charge is 0.422 e. The molecule has 0 radical (unpaired) electrons. The van der Waals surface area contributed by atoms with Crippen LogP contribution >= 0.6 is 0 Å². The van der Waals surface area contributed by atoms with Gasteiger partial charge in [-0.2, -0.15) is 13.2 Å². The standard InChI is InChI=1S/C7H9F3N2O5/c8-7(9,10)3-17-6(16)12-1-4(13)11-2-5(14)15/h1-3H2,(H,11,13)(H,12,16)(H,14,15). The largest absolute Gasteiger partial charge is 0.480 e. The molecular formula is C7H9F3N2O5. The molecule has 0 saturated heterocycles. The predicted octanol–water partition coefficient (Wildman–Crippen LogP) is -0.524. The number of rotatable bonds is 5. The van der Waals surface area contributed by atoms with Crippen LogP contribution in [0.2, 0.25) is 0 Å². The van der Waals surface area contributed by atoms with Crippen LogP contribution in [-0.4, -0.2) is 48.9 Å². The van der Waals surface area contributed by atoms with Crippen LogP contribution in [0.5, 0.6) is 0 Å². The zero-order chi connectivity index (χ0) is 13.5. The van der Waals surface area contributed by atoms with Crippen molar-refractivity contribution in [3.8, 4) is 0 Å². The van der Waals surface area contributed by atoms with E-state index in [1.165, 1.54) is 0 Å². The van der Waals surface area contributed by atoms with Gasteiger partial charge in [0, 0.05) is 0 Å². The van der Waals surface area contributed by atoms with E-state index in [9.17, 15) is 27.6 Å². The van der Waals surface area contributed by atoms with Crippen LogP contribution in [0.3, 0.4) is 0 Å². The summed E-state index contributed by atoms with van der Waals surface area (Å²) < 4.78 is 38.4. The van der Waals surface area contributed by atoms with Crippen molar-refractivity contribution < 1.29 is 37.4 Å². The van der Waals surface area contributed by atoms with Gasteiger partial charge in [-0.25, -0.2) is 4.79 Å². The van der Waals surface area contributed by atoms with Crippen LogP contribution in [-0.2, 0) is 14.3 Å². The first-order valence-corrected chi connectivity index (χ1v) is 4.16. The number of amides is 2. The van der Waals surface area contributed by atoms with Crippen LogP contribution in [0.15, 0.2) is 0 Å². The molecule has 0 aliphatic heterocycles. The second-order valence-electron chi connectivity index (χ2n) is 2.72. The summed E-state index contributed by atoms with van der Waals surface area (Å²) in [4.78, 5) is 31.4. The second kappa shape index (κ2) is 6.55. The summed E-state index contributed by atoms with van der Waals surface area (Å²) in [7, 11) is 0. The molecule has 0 unspecified atom stereocenters. The van der Waals surface area contributed by atoms with Gasteiger partial charge in [-0.15, -0.1) is 0 Å². The number of carbonyl (C=O) groups excluding carboxylic acids is 2. The highest BCUT2D eigenvalue weighted by Crippen LogP contribution is 2.14. The number of carboxylic acids is 1. The maximum Gasteiger partial charge on any atom is 0.422 e. The minimum atomic E-state index is -4.65. The molecule has 17 heavy (non-hydrogen) atoms. The molecule has 0 fully saturated rings. The first-order chi connectivity index (χ1) is 7.70. The lowest BCUT2D eigenvalue weighted by Gasteiger charge is -2.08. The molecule has 0 aliphatic carbocycles. The Kier molecular flexibility index (Phi) is 5.78. The van der Waals surface area contributed by atoms with Gasteiger partial charge in [-0.3, -0.25) is 9.59 Å². The van der Waals surface area contributed by atoms with Gasteiger partial charge in [0.05, 0.1) is 0 Å². The predicted molar refractivity (Wildman–Crippen MR) is 46.1 cm³/mol. The molecule has 0 spiro atoms. The second-order valence-corrected chi connectivity index (χ2v) is 2.72. The Bertz CT molecular complexity index is 304. The summed E-state index contributed by atoms with van der Waals surface area (Å²) in [6.45, 7) is -3.10. The quantitative estimate of drug-likeness (QED) is 0.615. The molecule has 0 aliphatic rings. The number of hydrogen-bond acceptors (Lipinski definition) is 4. The van der Waals surface area contributed by atoms with E-state index in [0.29, 0.717) is 0 Å². The maximum atomic E-state index is 11.6. The van der Waals surface area contributed by atoms with Crippen molar-refractivity contribution in [2.75, 3.05) is 19.7 Å². The molecule has 0 aromatic rings. The lowest BCUT2D eigenvalue weighted by atomic mass is 10.5. The fourth-order valence-corrected chi connectivity index (χ4v) is 0.588. The Morgan fingerprint density at radius 1 is 1.12 bits per heavy atom. The Morgan fingerprint density at radius 3 is 2.18 bits per heavy atom. The van der Waals surface area contributed by atoms with Crippen LogP contribution in [0, 0.1) is 0 Å². The number of ether oxygens (including phenoxy) is 1. The summed E-state index contributed by atoms with van der Waals surface area (Å²) >= 11 is 0. The van der Waals surface area contributed by atoms with Gasteiger partial charge >= 0.3 is 18.2 Å². The van der Waals surface area contributed by atoms with Crippen molar-refractivity contribution in [2.45, 2.75) is 6.18 Å². The van der Waals surface area contributed by atoms with Gasteiger partial charge in [-0.1, -0.05) is 0 Å². The Morgan fingerprint density at radius 2 is 1.71 bits per heavy atom. The minimum Gasteiger partial charge on any atom is -0.480 e. The SMILES string of the molecule is O=C(O)CNC(=O)CNC(=O)OCC(F)(F)F. The molecule has 3 N–H and O–H groups in total. The topological polar surface area (TPSA) is 105 Å². The summed E-state index contributed by atoms with van der Waals surface area (Å²) in [5.41, 5.74) is 0. The number of carboxylic acid groups (broad SMARTS) is 1. The number of alkyl halides is 3. The van der Waals surface area contributed by atoms with E-state index in [0.717, 1.165) is 0 Å². The van der Waals surface area contributed by atoms with E-state index in [1.54, 1.807) is 5.32 Å². The Hall–Kier alpha value is -2.00. The monoisotopic (exact) mass is 258 g/mol. The molecule has 0 heterocycles. The number of nitrogens with one attached hydrogen (secondary N) is 2. The normalized spacial score (nSPS) is 10.5. The highest BCUT2D eigenvalue weighted by Gasteiger charge is 2.29. The summed E-state index contributed by atoms with van der Waals surface area (Å²) in [5, 5.41) is 11.8. The third-order valence-electron chi connectivity index (χ3n) is 1.20. The fourth-order valence-electron chi connectivity index (χ4n) is 0.588. The molecule has 10 heteroatoms. The van der Waals surface area contributed by atoms with E-state index in [1.807, 2.05) is 5.32 Å². The number of alkyl carbamates (subject to hydrolysis) is 1. The van der Waals surface area contributed by atoms with Gasteiger partial charge in [0.15, 0.2) is 6.61 Å². The van der Waals surface area contributed by atoms with Crippen molar-refractivity contribution in [3.05, 3.63) is 0 Å². The number of hydrogen-bond donors (Lipinski definition) is 3. The molecule has 7 nitrogen and oxygen atoms in total. The van der Waals surface area contributed by atoms with Crippen LogP contribution < -0.4 is 10.6 Å². The van der Waals surface area contributed by atoms with Gasteiger partial charge in [0.1, 0.15) is 13.1 Å². The maximum absolute atomic E-state index is 11.6. The summed E-state index contributed by atoms with van der Waals surface area (Å²) in [6.07, 6.45) is -6.07. The Labute approximate surface area is 92.9 Å². The van der Waals surface area contributed by atoms with Crippen LogP contribution in [0.1, 0.15) is 0 Å². The number of carbonyl (C=O) groups is 3. The molecule has 0 rings (SSSR count).